The van der Waals surface area contributed by atoms with E-state index in [0.29, 0.717) is 0 Å². The van der Waals surface area contributed by atoms with Crippen molar-refractivity contribution in [2.45, 2.75) is 52.1 Å². The zero-order chi connectivity index (χ0) is 22.5. The minimum absolute atomic E-state index is 0.0390. The van der Waals surface area contributed by atoms with Crippen molar-refractivity contribution >= 4 is 5.91 Å². The second-order valence-corrected chi connectivity index (χ2v) is 8.27. The van der Waals surface area contributed by atoms with E-state index in [4.69, 9.17) is 4.74 Å². The standard InChI is InChI=1S/C24H31F2N3O2/c1-16-14-27-21(17(2)24(16)31-4)15-29-12-10-19(11-13-29)28(3)22(30)9-8-18-6-5-7-20(25)23(18)26/h5-7,14,19H,8-13,15H2,1-4H3. The minimum Gasteiger partial charge on any atom is -0.496 e. The summed E-state index contributed by atoms with van der Waals surface area (Å²) >= 11 is 0. The highest BCUT2D eigenvalue weighted by molar-refractivity contribution is 5.76. The van der Waals surface area contributed by atoms with Crippen molar-refractivity contribution in [3.05, 3.63) is 58.4 Å². The molecule has 7 heteroatoms. The number of carbonyl (C=O) groups is 1. The van der Waals surface area contributed by atoms with Crippen LogP contribution in [-0.4, -0.2) is 54.0 Å². The van der Waals surface area contributed by atoms with Crippen LogP contribution in [0.25, 0.3) is 0 Å². The largest absolute Gasteiger partial charge is 0.496 e. The quantitative estimate of drug-likeness (QED) is 0.664. The van der Waals surface area contributed by atoms with Crippen molar-refractivity contribution in [2.24, 2.45) is 0 Å². The number of benzene rings is 1. The van der Waals surface area contributed by atoms with Crippen molar-refractivity contribution < 1.29 is 18.3 Å². The van der Waals surface area contributed by atoms with Gasteiger partial charge in [0.15, 0.2) is 11.6 Å². The number of hydrogen-bond acceptors (Lipinski definition) is 4. The van der Waals surface area contributed by atoms with Crippen LogP contribution in [0, 0.1) is 25.5 Å². The predicted molar refractivity (Wildman–Crippen MR) is 116 cm³/mol. The molecule has 1 aliphatic heterocycles. The Balaban J connectivity index is 1.51. The van der Waals surface area contributed by atoms with Crippen LogP contribution in [0.1, 0.15) is 41.6 Å². The number of halogens is 2. The molecule has 0 aliphatic carbocycles. The summed E-state index contributed by atoms with van der Waals surface area (Å²) in [7, 11) is 3.49. The Morgan fingerprint density at radius 2 is 1.97 bits per heavy atom. The SMILES string of the molecule is COc1c(C)cnc(CN2CCC(N(C)C(=O)CCc3cccc(F)c3F)CC2)c1C. The summed E-state index contributed by atoms with van der Waals surface area (Å²) in [5.41, 5.74) is 3.36. The molecule has 1 amide bonds. The first-order valence-corrected chi connectivity index (χ1v) is 10.7. The number of carbonyl (C=O) groups excluding carboxylic acids is 1. The second kappa shape index (κ2) is 10.2. The number of aryl methyl sites for hydroxylation is 2. The van der Waals surface area contributed by atoms with Gasteiger partial charge in [-0.2, -0.15) is 0 Å². The number of nitrogens with zero attached hydrogens (tertiary/aromatic N) is 3. The van der Waals surface area contributed by atoms with Crippen molar-refractivity contribution in [1.82, 2.24) is 14.8 Å². The summed E-state index contributed by atoms with van der Waals surface area (Å²) in [6.45, 7) is 6.53. The number of likely N-dealkylation sites (tertiary alicyclic amines) is 1. The molecule has 1 aromatic carbocycles. The zero-order valence-corrected chi connectivity index (χ0v) is 18.8. The molecule has 0 spiro atoms. The molecule has 1 fully saturated rings. The molecule has 0 atom stereocenters. The maximum Gasteiger partial charge on any atom is 0.222 e. The fourth-order valence-electron chi connectivity index (χ4n) is 4.27. The third-order valence-electron chi connectivity index (χ3n) is 6.26. The Labute approximate surface area is 183 Å². The van der Waals surface area contributed by atoms with Crippen LogP contribution in [-0.2, 0) is 17.8 Å². The van der Waals surface area contributed by atoms with Gasteiger partial charge in [0.1, 0.15) is 5.75 Å². The number of aromatic nitrogens is 1. The summed E-state index contributed by atoms with van der Waals surface area (Å²) in [6.07, 6.45) is 3.97. The Bertz CT molecular complexity index is 927. The van der Waals surface area contributed by atoms with Crippen LogP contribution < -0.4 is 4.74 Å². The number of amides is 1. The summed E-state index contributed by atoms with van der Waals surface area (Å²) in [4.78, 5) is 21.3. The van der Waals surface area contributed by atoms with Crippen LogP contribution in [0.15, 0.2) is 24.4 Å². The van der Waals surface area contributed by atoms with E-state index in [2.05, 4.69) is 9.88 Å². The molecule has 5 nitrogen and oxygen atoms in total. The second-order valence-electron chi connectivity index (χ2n) is 8.27. The fourth-order valence-corrected chi connectivity index (χ4v) is 4.27. The lowest BCUT2D eigenvalue weighted by Gasteiger charge is -2.37. The van der Waals surface area contributed by atoms with Gasteiger partial charge in [-0.1, -0.05) is 12.1 Å². The van der Waals surface area contributed by atoms with E-state index >= 15 is 0 Å². The van der Waals surface area contributed by atoms with Crippen molar-refractivity contribution in [3.63, 3.8) is 0 Å². The van der Waals surface area contributed by atoms with Crippen LogP contribution in [0.2, 0.25) is 0 Å². The van der Waals surface area contributed by atoms with Gasteiger partial charge < -0.3 is 9.64 Å². The maximum absolute atomic E-state index is 13.8. The Kier molecular flexibility index (Phi) is 7.59. The highest BCUT2D eigenvalue weighted by Gasteiger charge is 2.26. The Hall–Kier alpha value is -2.54. The van der Waals surface area contributed by atoms with E-state index < -0.39 is 11.6 Å². The number of piperidine rings is 1. The van der Waals surface area contributed by atoms with Gasteiger partial charge in [-0.25, -0.2) is 8.78 Å². The lowest BCUT2D eigenvalue weighted by atomic mass is 10.0. The summed E-state index contributed by atoms with van der Waals surface area (Å²) in [5.74, 6) is -0.882. The summed E-state index contributed by atoms with van der Waals surface area (Å²) in [6, 6.07) is 4.24. The fraction of sp³-hybridized carbons (Fsp3) is 0.500. The van der Waals surface area contributed by atoms with E-state index in [1.54, 1.807) is 19.1 Å². The molecule has 31 heavy (non-hydrogen) atoms. The highest BCUT2D eigenvalue weighted by Crippen LogP contribution is 2.26. The molecule has 0 radical (unpaired) electrons. The molecular formula is C24H31F2N3O2. The first kappa shape index (κ1) is 23.1. The number of rotatable bonds is 7. The normalized spacial score (nSPS) is 15.2. The highest BCUT2D eigenvalue weighted by atomic mass is 19.2. The van der Waals surface area contributed by atoms with Gasteiger partial charge in [-0.15, -0.1) is 0 Å². The topological polar surface area (TPSA) is 45.7 Å². The van der Waals surface area contributed by atoms with E-state index in [-0.39, 0.29) is 30.4 Å². The van der Waals surface area contributed by atoms with Gasteiger partial charge in [-0.3, -0.25) is 14.7 Å². The predicted octanol–water partition coefficient (Wildman–Crippen LogP) is 4.04. The molecule has 0 unspecified atom stereocenters. The number of methoxy groups -OCH3 is 1. The molecule has 3 rings (SSSR count). The molecule has 1 saturated heterocycles. The molecule has 2 aromatic rings. The molecule has 2 heterocycles. The molecule has 168 valence electrons. The first-order chi connectivity index (χ1) is 14.8. The van der Waals surface area contributed by atoms with Crippen LogP contribution >= 0.6 is 0 Å². The van der Waals surface area contributed by atoms with Crippen molar-refractivity contribution in [3.8, 4) is 5.75 Å². The van der Waals surface area contributed by atoms with Crippen molar-refractivity contribution in [1.29, 1.82) is 0 Å². The lowest BCUT2D eigenvalue weighted by molar-refractivity contribution is -0.132. The van der Waals surface area contributed by atoms with E-state index in [9.17, 15) is 13.6 Å². The molecule has 1 aliphatic rings. The van der Waals surface area contributed by atoms with Crippen LogP contribution in [0.4, 0.5) is 8.78 Å². The first-order valence-electron chi connectivity index (χ1n) is 10.7. The van der Waals surface area contributed by atoms with Crippen LogP contribution in [0.3, 0.4) is 0 Å². The minimum atomic E-state index is -0.874. The molecule has 0 bridgehead atoms. The zero-order valence-electron chi connectivity index (χ0n) is 18.8. The molecular weight excluding hydrogens is 400 g/mol. The van der Waals surface area contributed by atoms with Crippen molar-refractivity contribution in [2.75, 3.05) is 27.2 Å². The average Bonchev–Trinajstić information content (AvgIpc) is 2.77. The van der Waals surface area contributed by atoms with Gasteiger partial charge in [0.25, 0.3) is 0 Å². The lowest BCUT2D eigenvalue weighted by Crippen LogP contribution is -2.45. The summed E-state index contributed by atoms with van der Waals surface area (Å²) in [5, 5.41) is 0. The number of pyridine rings is 1. The van der Waals surface area contributed by atoms with Gasteiger partial charge >= 0.3 is 0 Å². The molecule has 1 aromatic heterocycles. The Morgan fingerprint density at radius 1 is 1.26 bits per heavy atom. The van der Waals surface area contributed by atoms with E-state index in [1.807, 2.05) is 20.0 Å². The van der Waals surface area contributed by atoms with Crippen LogP contribution in [0.5, 0.6) is 5.75 Å². The van der Waals surface area contributed by atoms with Gasteiger partial charge in [-0.05, 0) is 44.7 Å². The maximum atomic E-state index is 13.8. The smallest absolute Gasteiger partial charge is 0.222 e. The average molecular weight is 432 g/mol. The summed E-state index contributed by atoms with van der Waals surface area (Å²) < 4.78 is 32.7. The van der Waals surface area contributed by atoms with E-state index in [1.165, 1.54) is 12.1 Å². The molecule has 0 saturated carbocycles. The number of ether oxygens (including phenoxy) is 1. The third-order valence-corrected chi connectivity index (χ3v) is 6.26. The van der Waals surface area contributed by atoms with Gasteiger partial charge in [0.05, 0.1) is 12.8 Å². The molecule has 0 N–H and O–H groups in total. The van der Waals surface area contributed by atoms with Gasteiger partial charge in [0.2, 0.25) is 5.91 Å². The van der Waals surface area contributed by atoms with Gasteiger partial charge in [0, 0.05) is 56.5 Å². The van der Waals surface area contributed by atoms with E-state index in [0.717, 1.165) is 61.1 Å². The third kappa shape index (κ3) is 5.39. The number of hydrogen-bond donors (Lipinski definition) is 0. The monoisotopic (exact) mass is 431 g/mol. The Morgan fingerprint density at radius 3 is 2.65 bits per heavy atom.